The van der Waals surface area contributed by atoms with E-state index in [2.05, 4.69) is 39.4 Å². The molecule has 1 aromatic heterocycles. The average Bonchev–Trinajstić information content (AvgIpc) is 3.34. The third-order valence-corrected chi connectivity index (χ3v) is 4.58. The molecule has 2 aliphatic rings. The quantitative estimate of drug-likeness (QED) is 0.937. The minimum atomic E-state index is 0.0456. The minimum Gasteiger partial charge on any atom is -0.324 e. The number of halogens is 1. The first-order valence-electron chi connectivity index (χ1n) is 8.20. The Morgan fingerprint density at radius 2 is 2.23 bits per heavy atom. The van der Waals surface area contributed by atoms with Crippen LogP contribution in [0.25, 0.3) is 0 Å². The van der Waals surface area contributed by atoms with Crippen molar-refractivity contribution in [3.05, 3.63) is 46.2 Å². The predicted molar refractivity (Wildman–Crippen MR) is 88.8 cm³/mol. The summed E-state index contributed by atoms with van der Waals surface area (Å²) in [5.41, 5.74) is 5.42. The molecule has 0 unspecified atom stereocenters. The van der Waals surface area contributed by atoms with Gasteiger partial charge in [0.25, 0.3) is 0 Å². The van der Waals surface area contributed by atoms with Crippen molar-refractivity contribution in [3.63, 3.8) is 0 Å². The van der Waals surface area contributed by atoms with Crippen molar-refractivity contribution in [3.8, 4) is 0 Å². The van der Waals surface area contributed by atoms with Gasteiger partial charge in [-0.2, -0.15) is 0 Å². The molecule has 2 aromatic rings. The molecule has 0 atom stereocenters. The van der Waals surface area contributed by atoms with Gasteiger partial charge < -0.3 is 10.2 Å². The lowest BCUT2D eigenvalue weighted by Crippen LogP contribution is -2.27. The molecule has 4 rings (SSSR count). The lowest BCUT2D eigenvalue weighted by atomic mass is 9.91. The van der Waals surface area contributed by atoms with Gasteiger partial charge in [-0.1, -0.05) is 11.6 Å². The van der Waals surface area contributed by atoms with Crippen LogP contribution in [0, 0.1) is 0 Å². The van der Waals surface area contributed by atoms with E-state index < -0.39 is 0 Å². The molecule has 0 amide bonds. The fourth-order valence-electron chi connectivity index (χ4n) is 3.18. The maximum Gasteiger partial charge on any atom is 0.227 e. The monoisotopic (exact) mass is 315 g/mol. The average molecular weight is 316 g/mol. The van der Waals surface area contributed by atoms with Gasteiger partial charge in [0, 0.05) is 18.8 Å². The molecule has 0 spiro atoms. The number of benzene rings is 1. The first-order chi connectivity index (χ1) is 11.1. The summed E-state index contributed by atoms with van der Waals surface area (Å²) in [4.78, 5) is 10.6. The van der Waals surface area contributed by atoms with E-state index in [-0.39, 0.29) is 11.2 Å². The van der Waals surface area contributed by atoms with Crippen molar-refractivity contribution in [2.75, 3.05) is 18.9 Å². The van der Waals surface area contributed by atoms with Gasteiger partial charge in [0.05, 0.1) is 18.8 Å². The summed E-state index contributed by atoms with van der Waals surface area (Å²) in [6.45, 7) is 2.11. The van der Waals surface area contributed by atoms with Crippen molar-refractivity contribution >= 4 is 23.2 Å². The number of nitrogens with one attached hydrogen (secondary N) is 1. The summed E-state index contributed by atoms with van der Waals surface area (Å²) in [7, 11) is 2.16. The molecule has 1 fully saturated rings. The van der Waals surface area contributed by atoms with Gasteiger partial charge in [-0.25, -0.2) is 9.97 Å². The fourth-order valence-corrected chi connectivity index (χ4v) is 3.27. The molecular formula is C17H19ClN4. The number of nitrogens with zero attached hydrogens (tertiary/aromatic N) is 3. The number of fused-ring (bicyclic) bond motifs is 1. The third kappa shape index (κ3) is 2.81. The maximum atomic E-state index is 7.69. The first kappa shape index (κ1) is 12.9. The number of hydrogen-bond acceptors (Lipinski definition) is 4. The topological polar surface area (TPSA) is 41.1 Å². The highest BCUT2D eigenvalue weighted by atomic mass is 35.5. The summed E-state index contributed by atoms with van der Waals surface area (Å²) in [5, 5.41) is 3.51. The number of hydrogen-bond donors (Lipinski definition) is 1. The summed E-state index contributed by atoms with van der Waals surface area (Å²) in [5.74, 6) is 1.14. The van der Waals surface area contributed by atoms with Gasteiger partial charge in [-0.05, 0) is 61.1 Å². The highest BCUT2D eigenvalue weighted by molar-refractivity contribution is 6.30. The Labute approximate surface area is 136 Å². The third-order valence-electron chi connectivity index (χ3n) is 4.40. The van der Waals surface area contributed by atoms with Crippen LogP contribution >= 0.6 is 11.6 Å². The van der Waals surface area contributed by atoms with Crippen molar-refractivity contribution < 1.29 is 1.37 Å². The molecule has 2 heterocycles. The Morgan fingerprint density at radius 1 is 1.36 bits per heavy atom. The van der Waals surface area contributed by atoms with Crippen LogP contribution in [0.1, 0.15) is 36.8 Å². The summed E-state index contributed by atoms with van der Waals surface area (Å²) >= 11 is 5.82. The second kappa shape index (κ2) is 5.52. The van der Waals surface area contributed by atoms with Crippen molar-refractivity contribution in [1.82, 2.24) is 14.9 Å². The van der Waals surface area contributed by atoms with Gasteiger partial charge >= 0.3 is 0 Å². The molecule has 1 saturated carbocycles. The van der Waals surface area contributed by atoms with E-state index in [0.717, 1.165) is 25.2 Å². The predicted octanol–water partition coefficient (Wildman–Crippen LogP) is 3.74. The number of likely N-dealkylation sites (N-methyl/N-ethyl adjacent to an activating group) is 1. The SMILES string of the molecule is [2H]c1nc(Nc2cc3c(c(C4CC4)c2)CCN(C)C3)ncc1Cl. The standard InChI is InChI=1S/C17H19ClN4/c1-22-5-4-15-12(10-22)6-14(7-16(15)11-2-3-11)21-17-19-8-13(18)9-20-17/h6-9,11H,2-5,10H2,1H3,(H,19,20,21)/i8D. The van der Waals surface area contributed by atoms with Gasteiger partial charge in [-0.3, -0.25) is 0 Å². The molecule has 114 valence electrons. The first-order valence-corrected chi connectivity index (χ1v) is 8.08. The van der Waals surface area contributed by atoms with Crippen LogP contribution in [-0.2, 0) is 13.0 Å². The summed E-state index contributed by atoms with van der Waals surface area (Å²) in [6, 6.07) is 4.43. The molecule has 1 aliphatic heterocycles. The van der Waals surface area contributed by atoms with Gasteiger partial charge in [0.2, 0.25) is 5.95 Å². The lowest BCUT2D eigenvalue weighted by molar-refractivity contribution is 0.312. The Morgan fingerprint density at radius 3 is 3.00 bits per heavy atom. The van der Waals surface area contributed by atoms with Crippen molar-refractivity contribution in [2.24, 2.45) is 0 Å². The molecule has 22 heavy (non-hydrogen) atoms. The normalized spacial score (nSPS) is 18.7. The minimum absolute atomic E-state index is 0.0456. The second-order valence-corrected chi connectivity index (χ2v) is 6.65. The van der Waals surface area contributed by atoms with E-state index in [9.17, 15) is 0 Å². The van der Waals surface area contributed by atoms with Crippen LogP contribution < -0.4 is 5.32 Å². The zero-order chi connectivity index (χ0) is 16.0. The molecule has 1 aliphatic carbocycles. The van der Waals surface area contributed by atoms with E-state index in [1.807, 2.05) is 0 Å². The number of aromatic nitrogens is 2. The van der Waals surface area contributed by atoms with Crippen LogP contribution in [0.2, 0.25) is 5.02 Å². The van der Waals surface area contributed by atoms with E-state index in [1.54, 1.807) is 0 Å². The second-order valence-electron chi connectivity index (χ2n) is 6.24. The Bertz CT molecular complexity index is 760. The van der Waals surface area contributed by atoms with Gasteiger partial charge in [-0.15, -0.1) is 0 Å². The zero-order valence-corrected chi connectivity index (χ0v) is 13.3. The van der Waals surface area contributed by atoms with E-state index in [0.29, 0.717) is 11.9 Å². The van der Waals surface area contributed by atoms with Gasteiger partial charge in [0.1, 0.15) is 0 Å². The van der Waals surface area contributed by atoms with E-state index in [1.165, 1.54) is 35.7 Å². The van der Waals surface area contributed by atoms with Crippen LogP contribution in [0.5, 0.6) is 0 Å². The highest BCUT2D eigenvalue weighted by Gasteiger charge is 2.29. The number of rotatable bonds is 3. The van der Waals surface area contributed by atoms with Crippen molar-refractivity contribution in [1.29, 1.82) is 0 Å². The molecule has 1 N–H and O–H groups in total. The van der Waals surface area contributed by atoms with E-state index in [4.69, 9.17) is 13.0 Å². The molecule has 0 radical (unpaired) electrons. The van der Waals surface area contributed by atoms with E-state index >= 15 is 0 Å². The van der Waals surface area contributed by atoms with Crippen LogP contribution in [0.4, 0.5) is 11.6 Å². The molecule has 0 saturated heterocycles. The Balaban J connectivity index is 1.69. The lowest BCUT2D eigenvalue weighted by Gasteiger charge is -2.28. The Kier molecular flexibility index (Phi) is 3.23. The zero-order valence-electron chi connectivity index (χ0n) is 13.6. The van der Waals surface area contributed by atoms with Crippen LogP contribution in [0.15, 0.2) is 24.5 Å². The summed E-state index contributed by atoms with van der Waals surface area (Å²) < 4.78 is 7.69. The highest BCUT2D eigenvalue weighted by Crippen LogP contribution is 2.44. The maximum absolute atomic E-state index is 7.69. The van der Waals surface area contributed by atoms with Gasteiger partial charge in [0.15, 0.2) is 0 Å². The smallest absolute Gasteiger partial charge is 0.227 e. The fraction of sp³-hybridized carbons (Fsp3) is 0.412. The molecule has 5 heteroatoms. The Hall–Kier alpha value is -1.65. The molecule has 1 aromatic carbocycles. The summed E-state index contributed by atoms with van der Waals surface area (Å²) in [6.07, 6.45) is 5.23. The van der Waals surface area contributed by atoms with Crippen LogP contribution in [-0.4, -0.2) is 28.5 Å². The molecule has 4 nitrogen and oxygen atoms in total. The molecule has 0 bridgehead atoms. The molecular weight excluding hydrogens is 296 g/mol. The van der Waals surface area contributed by atoms with Crippen LogP contribution in [0.3, 0.4) is 0 Å². The number of anilines is 2. The van der Waals surface area contributed by atoms with Crippen molar-refractivity contribution in [2.45, 2.75) is 31.7 Å². The largest absolute Gasteiger partial charge is 0.324 e.